The average Bonchev–Trinajstić information content (AvgIpc) is 2.86. The second-order valence-corrected chi connectivity index (χ2v) is 11.0. The minimum atomic E-state index is -4.72. The molecule has 0 bridgehead atoms. The number of aliphatic carboxylic acids is 1. The fourth-order valence-corrected chi connectivity index (χ4v) is 6.52. The maximum atomic E-state index is 13.6. The Morgan fingerprint density at radius 3 is 2.42 bits per heavy atom. The van der Waals surface area contributed by atoms with Gasteiger partial charge >= 0.3 is 12.1 Å². The summed E-state index contributed by atoms with van der Waals surface area (Å²) in [7, 11) is -4.49. The Morgan fingerprint density at radius 1 is 1.03 bits per heavy atom. The van der Waals surface area contributed by atoms with Gasteiger partial charge in [-0.3, -0.25) is 9.36 Å². The number of alkyl halides is 3. The van der Waals surface area contributed by atoms with Gasteiger partial charge in [0.25, 0.3) is 15.6 Å². The minimum absolute atomic E-state index is 0.00924. The molecule has 0 radical (unpaired) electrons. The molecule has 1 atom stereocenters. The lowest BCUT2D eigenvalue weighted by Gasteiger charge is -2.36. The maximum Gasteiger partial charge on any atom is 0.416 e. The lowest BCUT2D eigenvalue weighted by molar-refractivity contribution is -0.147. The second-order valence-electron chi connectivity index (χ2n) is 9.32. The maximum absolute atomic E-state index is 13.6. The fourth-order valence-electron chi connectivity index (χ4n) is 4.86. The molecule has 0 saturated heterocycles. The van der Waals surface area contributed by atoms with Crippen LogP contribution in [-0.2, 0) is 33.0 Å². The Balaban J connectivity index is 1.89. The number of fused-ring (bicyclic) bond motifs is 2. The SMILES string of the molecule is CC1(C(=O)O)CNS(=O)(=O)c2c(-c3cccc(C(F)(F)F)c3)c(Cc3cccc4ccccc34)cc(=O)n21. The average molecular weight is 543 g/mol. The first-order chi connectivity index (χ1) is 17.8. The van der Waals surface area contributed by atoms with Gasteiger partial charge in [-0.1, -0.05) is 54.6 Å². The normalized spacial score (nSPS) is 18.7. The molecule has 0 spiro atoms. The second kappa shape index (κ2) is 8.81. The zero-order valence-corrected chi connectivity index (χ0v) is 20.7. The number of hydrogen-bond donors (Lipinski definition) is 2. The van der Waals surface area contributed by atoms with E-state index in [9.17, 15) is 36.3 Å². The van der Waals surface area contributed by atoms with Gasteiger partial charge in [0.2, 0.25) is 0 Å². The van der Waals surface area contributed by atoms with Crippen molar-refractivity contribution in [3.63, 3.8) is 0 Å². The number of nitrogens with one attached hydrogen (secondary N) is 1. The molecule has 11 heteroatoms. The summed E-state index contributed by atoms with van der Waals surface area (Å²) in [6, 6.07) is 18.0. The molecular weight excluding hydrogens is 521 g/mol. The van der Waals surface area contributed by atoms with Crippen molar-refractivity contribution in [1.82, 2.24) is 9.29 Å². The molecule has 1 unspecified atom stereocenters. The van der Waals surface area contributed by atoms with Crippen LogP contribution in [0.1, 0.15) is 23.6 Å². The van der Waals surface area contributed by atoms with E-state index < -0.39 is 50.4 Å². The van der Waals surface area contributed by atoms with E-state index >= 15 is 0 Å². The molecule has 1 aliphatic heterocycles. The summed E-state index contributed by atoms with van der Waals surface area (Å²) in [6.07, 6.45) is -4.71. The Bertz CT molecular complexity index is 1770. The minimum Gasteiger partial charge on any atom is -0.479 e. The first-order valence-corrected chi connectivity index (χ1v) is 13.0. The molecule has 1 aliphatic rings. The van der Waals surface area contributed by atoms with Crippen molar-refractivity contribution >= 4 is 26.8 Å². The summed E-state index contributed by atoms with van der Waals surface area (Å²) in [6.45, 7) is 0.574. The third kappa shape index (κ3) is 4.17. The monoisotopic (exact) mass is 542 g/mol. The van der Waals surface area contributed by atoms with Gasteiger partial charge in [-0.05, 0) is 52.9 Å². The van der Waals surface area contributed by atoms with Gasteiger partial charge < -0.3 is 5.11 Å². The molecule has 0 fully saturated rings. The molecular formula is C27H21F3N2O5S. The molecule has 3 aromatic carbocycles. The highest BCUT2D eigenvalue weighted by Gasteiger charge is 2.46. The van der Waals surface area contributed by atoms with Crippen molar-refractivity contribution in [2.45, 2.75) is 30.1 Å². The number of nitrogens with zero attached hydrogens (tertiary/aromatic N) is 1. The number of sulfonamides is 1. The van der Waals surface area contributed by atoms with E-state index in [4.69, 9.17) is 0 Å². The van der Waals surface area contributed by atoms with Gasteiger partial charge in [0, 0.05) is 18.2 Å². The summed E-state index contributed by atoms with van der Waals surface area (Å²) < 4.78 is 70.4. The Morgan fingerprint density at radius 2 is 1.71 bits per heavy atom. The van der Waals surface area contributed by atoms with Gasteiger partial charge in [-0.2, -0.15) is 13.2 Å². The van der Waals surface area contributed by atoms with E-state index in [1.807, 2.05) is 30.3 Å². The number of benzene rings is 3. The van der Waals surface area contributed by atoms with E-state index in [0.29, 0.717) is 10.1 Å². The molecule has 4 aromatic rings. The van der Waals surface area contributed by atoms with Gasteiger partial charge in [0.1, 0.15) is 0 Å². The molecule has 2 heterocycles. The quantitative estimate of drug-likeness (QED) is 0.399. The Kier molecular flexibility index (Phi) is 5.96. The van der Waals surface area contributed by atoms with Gasteiger partial charge in [-0.15, -0.1) is 0 Å². The largest absolute Gasteiger partial charge is 0.479 e. The summed E-state index contributed by atoms with van der Waals surface area (Å²) in [5.74, 6) is -1.47. The van der Waals surface area contributed by atoms with Crippen LogP contribution in [0.4, 0.5) is 13.2 Å². The van der Waals surface area contributed by atoms with Crippen LogP contribution in [0, 0.1) is 0 Å². The number of aromatic nitrogens is 1. The number of carbonyl (C=O) groups is 1. The summed E-state index contributed by atoms with van der Waals surface area (Å²) in [5.41, 5.74) is -3.33. The summed E-state index contributed by atoms with van der Waals surface area (Å²) >= 11 is 0. The molecule has 1 aromatic heterocycles. The standard InChI is InChI=1S/C27H21F3N2O5S/c1-26(25(34)35)15-31-38(36,37)24-23(18-9-5-10-20(13-18)27(28,29)30)19(14-22(33)32(24)26)12-17-8-4-7-16-6-2-3-11-21(16)17/h2-11,13-14,31H,12,15H2,1H3,(H,34,35). The van der Waals surface area contributed by atoms with Crippen molar-refractivity contribution in [2.24, 2.45) is 0 Å². The van der Waals surface area contributed by atoms with Crippen molar-refractivity contribution in [2.75, 3.05) is 6.54 Å². The van der Waals surface area contributed by atoms with E-state index in [1.54, 1.807) is 12.1 Å². The third-order valence-corrected chi connectivity index (χ3v) is 8.23. The van der Waals surface area contributed by atoms with Gasteiger partial charge in [-0.25, -0.2) is 17.9 Å². The smallest absolute Gasteiger partial charge is 0.416 e. The van der Waals surface area contributed by atoms with Crippen LogP contribution in [0.3, 0.4) is 0 Å². The molecule has 0 amide bonds. The summed E-state index contributed by atoms with van der Waals surface area (Å²) in [5, 5.41) is 10.9. The molecule has 196 valence electrons. The lowest BCUT2D eigenvalue weighted by atomic mass is 9.92. The predicted molar refractivity (Wildman–Crippen MR) is 134 cm³/mol. The first-order valence-electron chi connectivity index (χ1n) is 11.5. The highest BCUT2D eigenvalue weighted by Crippen LogP contribution is 2.39. The molecule has 38 heavy (non-hydrogen) atoms. The highest BCUT2D eigenvalue weighted by molar-refractivity contribution is 7.89. The van der Waals surface area contributed by atoms with Crippen LogP contribution < -0.4 is 10.3 Å². The van der Waals surface area contributed by atoms with Crippen LogP contribution in [0.15, 0.2) is 82.6 Å². The molecule has 7 nitrogen and oxygen atoms in total. The number of rotatable bonds is 4. The van der Waals surface area contributed by atoms with Crippen LogP contribution in [0.25, 0.3) is 21.9 Å². The van der Waals surface area contributed by atoms with Crippen LogP contribution >= 0.6 is 0 Å². The van der Waals surface area contributed by atoms with E-state index in [2.05, 4.69) is 4.72 Å². The number of hydrogen-bond acceptors (Lipinski definition) is 4. The topological polar surface area (TPSA) is 105 Å². The van der Waals surface area contributed by atoms with Crippen LogP contribution in [0.2, 0.25) is 0 Å². The fraction of sp³-hybridized carbons (Fsp3) is 0.185. The number of pyridine rings is 1. The van der Waals surface area contributed by atoms with Crippen LogP contribution in [-0.4, -0.2) is 30.6 Å². The molecule has 2 N–H and O–H groups in total. The van der Waals surface area contributed by atoms with Crippen LogP contribution in [0.5, 0.6) is 0 Å². The number of carboxylic acids is 1. The first kappa shape index (κ1) is 25.7. The number of halogens is 3. The molecule has 0 aliphatic carbocycles. The zero-order valence-electron chi connectivity index (χ0n) is 19.9. The third-order valence-electron chi connectivity index (χ3n) is 6.81. The predicted octanol–water partition coefficient (Wildman–Crippen LogP) is 4.37. The van der Waals surface area contributed by atoms with E-state index in [-0.39, 0.29) is 23.1 Å². The van der Waals surface area contributed by atoms with Gasteiger partial charge in [0.15, 0.2) is 10.6 Å². The van der Waals surface area contributed by atoms with Gasteiger partial charge in [0.05, 0.1) is 5.56 Å². The van der Waals surface area contributed by atoms with Crippen molar-refractivity contribution in [1.29, 1.82) is 0 Å². The summed E-state index contributed by atoms with van der Waals surface area (Å²) in [4.78, 5) is 25.6. The number of carboxylic acid groups (broad SMARTS) is 1. The highest BCUT2D eigenvalue weighted by atomic mass is 32.2. The van der Waals surface area contributed by atoms with E-state index in [0.717, 1.165) is 35.0 Å². The van der Waals surface area contributed by atoms with E-state index in [1.165, 1.54) is 13.0 Å². The van der Waals surface area contributed by atoms with Crippen molar-refractivity contribution in [3.05, 3.63) is 99.8 Å². The Labute approximate surface area is 215 Å². The van der Waals surface area contributed by atoms with Crippen molar-refractivity contribution in [3.8, 4) is 11.1 Å². The Hall–Kier alpha value is -3.96. The zero-order chi connectivity index (χ0) is 27.5. The molecule has 0 saturated carbocycles. The van der Waals surface area contributed by atoms with Crippen molar-refractivity contribution < 1.29 is 31.5 Å². The lowest BCUT2D eigenvalue weighted by Crippen LogP contribution is -2.58. The molecule has 5 rings (SSSR count).